The van der Waals surface area contributed by atoms with Crippen LogP contribution in [0.25, 0.3) is 5.65 Å². The van der Waals surface area contributed by atoms with Crippen LogP contribution in [0.1, 0.15) is 42.3 Å². The summed E-state index contributed by atoms with van der Waals surface area (Å²) in [6, 6.07) is 16.8. The number of rotatable bonds is 7. The van der Waals surface area contributed by atoms with Gasteiger partial charge in [-0.1, -0.05) is 36.4 Å². The number of aryl methyl sites for hydroxylation is 2. The molecule has 5 heteroatoms. The van der Waals surface area contributed by atoms with E-state index in [-0.39, 0.29) is 11.9 Å². The Morgan fingerprint density at radius 3 is 2.64 bits per heavy atom. The molecule has 3 aromatic rings. The van der Waals surface area contributed by atoms with Gasteiger partial charge >= 0.3 is 0 Å². The van der Waals surface area contributed by atoms with Crippen LogP contribution in [0.2, 0.25) is 0 Å². The van der Waals surface area contributed by atoms with E-state index in [0.717, 1.165) is 30.1 Å². The van der Waals surface area contributed by atoms with Gasteiger partial charge in [-0.2, -0.15) is 0 Å². The molecule has 1 aliphatic heterocycles. The molecule has 1 fully saturated rings. The van der Waals surface area contributed by atoms with Crippen LogP contribution in [0.15, 0.2) is 54.7 Å². The normalized spacial score (nSPS) is 15.8. The standard InChI is InChI=1S/C23H28N4O/c1-18-20(27-16-6-5-11-22(27)25-18)12-13-23(28)24-17-21(26-14-7-8-15-26)19-9-3-2-4-10-19/h2-6,9-11,16,21H,7-8,12-15,17H2,1H3,(H,24,28). The molecule has 28 heavy (non-hydrogen) atoms. The zero-order valence-electron chi connectivity index (χ0n) is 16.5. The molecule has 4 rings (SSSR count). The fourth-order valence-corrected chi connectivity index (χ4v) is 4.18. The predicted molar refractivity (Wildman–Crippen MR) is 111 cm³/mol. The zero-order valence-corrected chi connectivity index (χ0v) is 16.5. The van der Waals surface area contributed by atoms with Crippen LogP contribution in [0.5, 0.6) is 0 Å². The van der Waals surface area contributed by atoms with Gasteiger partial charge in [-0.15, -0.1) is 0 Å². The van der Waals surface area contributed by atoms with Crippen LogP contribution in [0.4, 0.5) is 0 Å². The van der Waals surface area contributed by atoms with Gasteiger partial charge in [0, 0.05) is 24.9 Å². The minimum absolute atomic E-state index is 0.102. The molecular weight excluding hydrogens is 348 g/mol. The number of nitrogens with one attached hydrogen (secondary N) is 1. The smallest absolute Gasteiger partial charge is 0.220 e. The van der Waals surface area contributed by atoms with Gasteiger partial charge in [0.25, 0.3) is 0 Å². The summed E-state index contributed by atoms with van der Waals surface area (Å²) in [6.07, 6.45) is 5.67. The first-order chi connectivity index (χ1) is 13.7. The van der Waals surface area contributed by atoms with Crippen molar-refractivity contribution in [1.29, 1.82) is 0 Å². The molecule has 0 saturated carbocycles. The second kappa shape index (κ2) is 8.57. The monoisotopic (exact) mass is 376 g/mol. The fourth-order valence-electron chi connectivity index (χ4n) is 4.18. The Hall–Kier alpha value is -2.66. The number of nitrogens with zero attached hydrogens (tertiary/aromatic N) is 3. The van der Waals surface area contributed by atoms with Crippen molar-refractivity contribution >= 4 is 11.6 Å². The highest BCUT2D eigenvalue weighted by atomic mass is 16.1. The number of hydrogen-bond acceptors (Lipinski definition) is 3. The molecule has 0 bridgehead atoms. The Bertz CT molecular complexity index is 928. The Morgan fingerprint density at radius 2 is 1.86 bits per heavy atom. The van der Waals surface area contributed by atoms with Crippen LogP contribution in [-0.2, 0) is 11.2 Å². The van der Waals surface area contributed by atoms with E-state index in [1.807, 2.05) is 37.4 Å². The van der Waals surface area contributed by atoms with Crippen LogP contribution in [0, 0.1) is 6.92 Å². The molecule has 3 heterocycles. The molecule has 1 amide bonds. The Morgan fingerprint density at radius 1 is 1.11 bits per heavy atom. The van der Waals surface area contributed by atoms with Gasteiger partial charge in [0.05, 0.1) is 11.7 Å². The Labute approximate surface area is 166 Å². The molecule has 1 N–H and O–H groups in total. The van der Waals surface area contributed by atoms with Crippen molar-refractivity contribution < 1.29 is 4.79 Å². The third-order valence-corrected chi connectivity index (χ3v) is 5.68. The fraction of sp³-hybridized carbons (Fsp3) is 0.391. The molecule has 1 unspecified atom stereocenters. The third kappa shape index (κ3) is 4.09. The first kappa shape index (κ1) is 18.7. The van der Waals surface area contributed by atoms with Gasteiger partial charge in [0.1, 0.15) is 5.65 Å². The number of imidazole rings is 1. The van der Waals surface area contributed by atoms with Crippen molar-refractivity contribution in [3.63, 3.8) is 0 Å². The number of fused-ring (bicyclic) bond motifs is 1. The molecular formula is C23H28N4O. The first-order valence-corrected chi connectivity index (χ1v) is 10.2. The molecule has 1 atom stereocenters. The van der Waals surface area contributed by atoms with Gasteiger partial charge in [0.15, 0.2) is 0 Å². The van der Waals surface area contributed by atoms with Gasteiger partial charge in [0.2, 0.25) is 5.91 Å². The van der Waals surface area contributed by atoms with E-state index in [9.17, 15) is 4.79 Å². The second-order valence-corrected chi connectivity index (χ2v) is 7.55. The number of aromatic nitrogens is 2. The van der Waals surface area contributed by atoms with E-state index in [0.29, 0.717) is 19.4 Å². The van der Waals surface area contributed by atoms with Crippen molar-refractivity contribution in [2.75, 3.05) is 19.6 Å². The van der Waals surface area contributed by atoms with Crippen molar-refractivity contribution in [3.05, 3.63) is 71.7 Å². The van der Waals surface area contributed by atoms with Gasteiger partial charge in [-0.25, -0.2) is 4.98 Å². The minimum Gasteiger partial charge on any atom is -0.354 e. The summed E-state index contributed by atoms with van der Waals surface area (Å²) in [5.74, 6) is 0.102. The maximum absolute atomic E-state index is 12.6. The van der Waals surface area contributed by atoms with Gasteiger partial charge < -0.3 is 9.72 Å². The van der Waals surface area contributed by atoms with E-state index in [1.54, 1.807) is 0 Å². The van der Waals surface area contributed by atoms with Gasteiger partial charge in [-0.3, -0.25) is 9.69 Å². The summed E-state index contributed by atoms with van der Waals surface area (Å²) in [4.78, 5) is 19.6. The van der Waals surface area contributed by atoms with Crippen LogP contribution in [-0.4, -0.2) is 39.8 Å². The lowest BCUT2D eigenvalue weighted by Crippen LogP contribution is -2.36. The Kier molecular flexibility index (Phi) is 5.72. The third-order valence-electron chi connectivity index (χ3n) is 5.68. The maximum Gasteiger partial charge on any atom is 0.220 e. The highest BCUT2D eigenvalue weighted by molar-refractivity contribution is 5.76. The summed E-state index contributed by atoms with van der Waals surface area (Å²) < 4.78 is 2.08. The number of amides is 1. The van der Waals surface area contributed by atoms with E-state index in [2.05, 4.69) is 43.9 Å². The average Bonchev–Trinajstić information content (AvgIpc) is 3.35. The maximum atomic E-state index is 12.6. The van der Waals surface area contributed by atoms with Crippen molar-refractivity contribution in [1.82, 2.24) is 19.6 Å². The molecule has 0 spiro atoms. The van der Waals surface area contributed by atoms with E-state index in [4.69, 9.17) is 0 Å². The summed E-state index contributed by atoms with van der Waals surface area (Å²) in [7, 11) is 0. The predicted octanol–water partition coefficient (Wildman–Crippen LogP) is 3.53. The lowest BCUT2D eigenvalue weighted by molar-refractivity contribution is -0.121. The number of carbonyl (C=O) groups excluding carboxylic acids is 1. The molecule has 1 saturated heterocycles. The SMILES string of the molecule is Cc1nc2ccccn2c1CCC(=O)NCC(c1ccccc1)N1CCCC1. The largest absolute Gasteiger partial charge is 0.354 e. The Balaban J connectivity index is 1.38. The van der Waals surface area contributed by atoms with E-state index >= 15 is 0 Å². The first-order valence-electron chi connectivity index (χ1n) is 10.2. The quantitative estimate of drug-likeness (QED) is 0.686. The van der Waals surface area contributed by atoms with Crippen molar-refractivity contribution in [3.8, 4) is 0 Å². The van der Waals surface area contributed by atoms with Crippen LogP contribution in [0.3, 0.4) is 0 Å². The molecule has 0 aliphatic carbocycles. The number of benzene rings is 1. The number of likely N-dealkylation sites (tertiary alicyclic amines) is 1. The van der Waals surface area contributed by atoms with Crippen LogP contribution >= 0.6 is 0 Å². The summed E-state index contributed by atoms with van der Waals surface area (Å²) in [5, 5.41) is 3.18. The van der Waals surface area contributed by atoms with E-state index in [1.165, 1.54) is 18.4 Å². The van der Waals surface area contributed by atoms with E-state index < -0.39 is 0 Å². The van der Waals surface area contributed by atoms with Crippen LogP contribution < -0.4 is 5.32 Å². The molecule has 0 radical (unpaired) electrons. The molecule has 146 valence electrons. The lowest BCUT2D eigenvalue weighted by Gasteiger charge is -2.28. The highest BCUT2D eigenvalue weighted by Crippen LogP contribution is 2.24. The average molecular weight is 377 g/mol. The van der Waals surface area contributed by atoms with Crippen molar-refractivity contribution in [2.24, 2.45) is 0 Å². The van der Waals surface area contributed by atoms with Gasteiger partial charge in [-0.05, 0) is 57.0 Å². The van der Waals surface area contributed by atoms with Crippen molar-refractivity contribution in [2.45, 2.75) is 38.6 Å². The topological polar surface area (TPSA) is 49.6 Å². The zero-order chi connectivity index (χ0) is 19.3. The number of hydrogen-bond donors (Lipinski definition) is 1. The number of carbonyl (C=O) groups is 1. The second-order valence-electron chi connectivity index (χ2n) is 7.55. The molecule has 1 aromatic carbocycles. The molecule has 1 aliphatic rings. The summed E-state index contributed by atoms with van der Waals surface area (Å²) in [5.41, 5.74) is 4.33. The summed E-state index contributed by atoms with van der Waals surface area (Å²) >= 11 is 0. The summed E-state index contributed by atoms with van der Waals surface area (Å²) in [6.45, 7) is 4.89. The minimum atomic E-state index is 0.102. The number of pyridine rings is 1. The molecule has 5 nitrogen and oxygen atoms in total. The molecule has 2 aromatic heterocycles. The highest BCUT2D eigenvalue weighted by Gasteiger charge is 2.23. The lowest BCUT2D eigenvalue weighted by atomic mass is 10.1.